The van der Waals surface area contributed by atoms with Gasteiger partial charge in [0.05, 0.1) is 5.71 Å². The van der Waals surface area contributed by atoms with E-state index in [0.29, 0.717) is 17.7 Å². The molecule has 1 aliphatic rings. The molecule has 1 aliphatic heterocycles. The number of carbonyl (C=O) groups excluding carboxylic acids is 2. The molecule has 3 aromatic rings. The molecule has 0 bridgehead atoms. The first-order valence-corrected chi connectivity index (χ1v) is 9.83. The Morgan fingerprint density at radius 2 is 1.50 bits per heavy atom. The highest BCUT2D eigenvalue weighted by Gasteiger charge is 2.31. The van der Waals surface area contributed by atoms with Crippen LogP contribution in [0.1, 0.15) is 41.3 Å². The summed E-state index contributed by atoms with van der Waals surface area (Å²) >= 11 is 0. The van der Waals surface area contributed by atoms with Crippen molar-refractivity contribution in [1.82, 2.24) is 0 Å². The second-order valence-electron chi connectivity index (χ2n) is 7.28. The summed E-state index contributed by atoms with van der Waals surface area (Å²) in [5.41, 5.74) is 5.29. The van der Waals surface area contributed by atoms with Crippen LogP contribution in [0.2, 0.25) is 0 Å². The number of hydrogen-bond acceptors (Lipinski definition) is 5. The Balaban J connectivity index is 1.61. The molecule has 1 heterocycles. The van der Waals surface area contributed by atoms with Gasteiger partial charge in [-0.2, -0.15) is 0 Å². The summed E-state index contributed by atoms with van der Waals surface area (Å²) in [6.07, 6.45) is 0. The normalized spacial score (nSPS) is 15.6. The average Bonchev–Trinajstić information content (AvgIpc) is 3.17. The summed E-state index contributed by atoms with van der Waals surface area (Å²) in [4.78, 5) is 30.8. The van der Waals surface area contributed by atoms with E-state index in [-0.39, 0.29) is 11.7 Å². The molecular weight excluding hydrogens is 376 g/mol. The zero-order valence-corrected chi connectivity index (χ0v) is 16.9. The molecule has 0 spiro atoms. The van der Waals surface area contributed by atoms with Crippen molar-refractivity contribution in [2.75, 3.05) is 11.4 Å². The first-order valence-electron chi connectivity index (χ1n) is 9.83. The van der Waals surface area contributed by atoms with E-state index >= 15 is 0 Å². The van der Waals surface area contributed by atoms with Gasteiger partial charge in [-0.15, -0.1) is 0 Å². The topological polar surface area (TPSA) is 59.0 Å². The third kappa shape index (κ3) is 3.87. The summed E-state index contributed by atoms with van der Waals surface area (Å²) in [5.74, 6) is -0.409. The van der Waals surface area contributed by atoms with E-state index in [1.807, 2.05) is 73.7 Å². The Morgan fingerprint density at radius 3 is 2.20 bits per heavy atom. The molecule has 0 N–H and O–H groups in total. The van der Waals surface area contributed by atoms with Crippen LogP contribution in [0.4, 0.5) is 11.4 Å². The second-order valence-corrected chi connectivity index (χ2v) is 7.28. The van der Waals surface area contributed by atoms with Crippen molar-refractivity contribution >= 4 is 28.8 Å². The fourth-order valence-electron chi connectivity index (χ4n) is 3.76. The highest BCUT2D eigenvalue weighted by Crippen LogP contribution is 2.41. The molecule has 0 aromatic heterocycles. The number of benzene rings is 3. The van der Waals surface area contributed by atoms with Crippen molar-refractivity contribution in [3.63, 3.8) is 0 Å². The lowest BCUT2D eigenvalue weighted by Gasteiger charge is -2.20. The molecule has 1 unspecified atom stereocenters. The molecule has 3 aromatic carbocycles. The summed E-state index contributed by atoms with van der Waals surface area (Å²) in [7, 11) is 0. The predicted octanol–water partition coefficient (Wildman–Crippen LogP) is 5.09. The minimum Gasteiger partial charge on any atom is -0.340 e. The van der Waals surface area contributed by atoms with Gasteiger partial charge in [0, 0.05) is 41.9 Å². The van der Waals surface area contributed by atoms with Crippen LogP contribution >= 0.6 is 0 Å². The number of carbonyl (C=O) groups is 2. The number of anilines is 2. The van der Waals surface area contributed by atoms with Gasteiger partial charge in [0.1, 0.15) is 0 Å². The fraction of sp³-hybridized carbons (Fsp3) is 0.160. The third-order valence-corrected chi connectivity index (χ3v) is 5.27. The molecule has 30 heavy (non-hydrogen) atoms. The number of para-hydroxylation sites is 1. The zero-order chi connectivity index (χ0) is 21.1. The number of oxime groups is 1. The largest absolute Gasteiger partial charge is 0.340 e. The molecule has 0 radical (unpaired) electrons. The van der Waals surface area contributed by atoms with Gasteiger partial charge >= 0.3 is 5.97 Å². The summed E-state index contributed by atoms with van der Waals surface area (Å²) in [6.45, 7) is 3.89. The first kappa shape index (κ1) is 19.6. The molecule has 0 fully saturated rings. The number of rotatable bonds is 5. The molecule has 1 atom stereocenters. The van der Waals surface area contributed by atoms with Crippen LogP contribution in [-0.2, 0) is 9.63 Å². The standard InChI is InChI=1S/C25H22N2O3/c1-17(26-30-18(2)28)23-16-27(24-11-7-6-10-22(23)24)21-14-12-20(13-15-21)25(29)19-8-4-3-5-9-19/h3-15,23H,16H2,1-2H3/b26-17+. The number of hydrogen-bond donors (Lipinski definition) is 0. The monoisotopic (exact) mass is 398 g/mol. The van der Waals surface area contributed by atoms with Crippen molar-refractivity contribution in [2.24, 2.45) is 5.16 Å². The van der Waals surface area contributed by atoms with Gasteiger partial charge in [-0.05, 0) is 42.8 Å². The Hall–Kier alpha value is -3.73. The summed E-state index contributed by atoms with van der Waals surface area (Å²) < 4.78 is 0. The minimum absolute atomic E-state index is 0.00575. The van der Waals surface area contributed by atoms with Gasteiger partial charge in [0.2, 0.25) is 0 Å². The minimum atomic E-state index is -0.434. The van der Waals surface area contributed by atoms with Gasteiger partial charge in [0.25, 0.3) is 0 Å². The lowest BCUT2D eigenvalue weighted by atomic mass is 9.97. The molecule has 150 valence electrons. The zero-order valence-electron chi connectivity index (χ0n) is 16.9. The van der Waals surface area contributed by atoms with Crippen molar-refractivity contribution < 1.29 is 14.4 Å². The van der Waals surface area contributed by atoms with Crippen molar-refractivity contribution in [3.05, 3.63) is 95.6 Å². The first-order chi connectivity index (χ1) is 14.5. The second kappa shape index (κ2) is 8.33. The smallest absolute Gasteiger partial charge is 0.331 e. The van der Waals surface area contributed by atoms with Gasteiger partial charge < -0.3 is 9.74 Å². The van der Waals surface area contributed by atoms with Crippen LogP contribution in [0.5, 0.6) is 0 Å². The quantitative estimate of drug-likeness (QED) is 0.260. The number of nitrogens with zero attached hydrogens (tertiary/aromatic N) is 2. The number of ketones is 1. The van der Waals surface area contributed by atoms with E-state index in [2.05, 4.69) is 22.2 Å². The molecule has 0 saturated carbocycles. The number of fused-ring (bicyclic) bond motifs is 1. The lowest BCUT2D eigenvalue weighted by molar-refractivity contribution is -0.140. The van der Waals surface area contributed by atoms with E-state index in [1.54, 1.807) is 0 Å². The Morgan fingerprint density at radius 1 is 0.867 bits per heavy atom. The lowest BCUT2D eigenvalue weighted by Crippen LogP contribution is -2.19. The molecular formula is C25H22N2O3. The average molecular weight is 398 g/mol. The molecule has 0 amide bonds. The Bertz CT molecular complexity index is 1100. The van der Waals surface area contributed by atoms with E-state index in [4.69, 9.17) is 4.84 Å². The van der Waals surface area contributed by atoms with E-state index in [1.165, 1.54) is 6.92 Å². The molecule has 5 heteroatoms. The predicted molar refractivity (Wildman–Crippen MR) is 117 cm³/mol. The van der Waals surface area contributed by atoms with Gasteiger partial charge in [-0.3, -0.25) is 4.79 Å². The third-order valence-electron chi connectivity index (χ3n) is 5.27. The molecule has 0 aliphatic carbocycles. The summed E-state index contributed by atoms with van der Waals surface area (Å²) in [5, 5.41) is 4.00. The van der Waals surface area contributed by atoms with E-state index in [9.17, 15) is 9.59 Å². The molecule has 0 saturated heterocycles. The molecule has 5 nitrogen and oxygen atoms in total. The highest BCUT2D eigenvalue weighted by atomic mass is 16.7. The Kier molecular flexibility index (Phi) is 5.44. The fourth-order valence-corrected chi connectivity index (χ4v) is 3.76. The van der Waals surface area contributed by atoms with Gasteiger partial charge in [-0.25, -0.2) is 4.79 Å². The van der Waals surface area contributed by atoms with Crippen LogP contribution in [0.15, 0.2) is 84.0 Å². The van der Waals surface area contributed by atoms with Crippen LogP contribution in [0.25, 0.3) is 0 Å². The maximum atomic E-state index is 12.7. The SMILES string of the molecule is CC(=O)O/N=C(\C)C1CN(c2ccc(C(=O)c3ccccc3)cc2)c2ccccc21. The maximum absolute atomic E-state index is 12.7. The van der Waals surface area contributed by atoms with Crippen LogP contribution in [0.3, 0.4) is 0 Å². The van der Waals surface area contributed by atoms with Crippen LogP contribution < -0.4 is 4.90 Å². The van der Waals surface area contributed by atoms with E-state index in [0.717, 1.165) is 22.6 Å². The van der Waals surface area contributed by atoms with Crippen LogP contribution in [-0.4, -0.2) is 24.0 Å². The van der Waals surface area contributed by atoms with Crippen LogP contribution in [0, 0.1) is 0 Å². The van der Waals surface area contributed by atoms with Crippen molar-refractivity contribution in [1.29, 1.82) is 0 Å². The van der Waals surface area contributed by atoms with E-state index < -0.39 is 5.97 Å². The van der Waals surface area contributed by atoms with Gasteiger partial charge in [-0.1, -0.05) is 53.7 Å². The van der Waals surface area contributed by atoms with Gasteiger partial charge in [0.15, 0.2) is 5.78 Å². The van der Waals surface area contributed by atoms with Crippen molar-refractivity contribution in [2.45, 2.75) is 19.8 Å². The molecule has 4 rings (SSSR count). The maximum Gasteiger partial charge on any atom is 0.331 e. The Labute approximate surface area is 175 Å². The highest BCUT2D eigenvalue weighted by molar-refractivity contribution is 6.09. The van der Waals surface area contributed by atoms with Crippen molar-refractivity contribution in [3.8, 4) is 0 Å². The summed E-state index contributed by atoms with van der Waals surface area (Å²) in [6, 6.07) is 25.1.